The van der Waals surface area contributed by atoms with Crippen LogP contribution in [0.4, 0.5) is 4.79 Å². The molecule has 0 bridgehead atoms. The van der Waals surface area contributed by atoms with Crippen LogP contribution >= 0.6 is 0 Å². The van der Waals surface area contributed by atoms with Gasteiger partial charge in [0.1, 0.15) is 12.1 Å². The Kier molecular flexibility index (Phi) is 7.28. The van der Waals surface area contributed by atoms with Crippen molar-refractivity contribution in [3.05, 3.63) is 71.3 Å². The summed E-state index contributed by atoms with van der Waals surface area (Å²) < 4.78 is 11.1. The standard InChI is InChI=1S/C24H29NO4/c1-3-4-14-28-23(26)22-16-20-12-8-9-13-21(20)17-25(22)24(27)29-18(2)15-19-10-6-5-7-11-19/h5-13,18,22H,3-4,14-17H2,1-2H3. The first-order valence-corrected chi connectivity index (χ1v) is 10.3. The Morgan fingerprint density at radius 2 is 1.76 bits per heavy atom. The van der Waals surface area contributed by atoms with Gasteiger partial charge in [0.2, 0.25) is 0 Å². The minimum absolute atomic E-state index is 0.293. The highest BCUT2D eigenvalue weighted by atomic mass is 16.6. The molecule has 0 saturated heterocycles. The van der Waals surface area contributed by atoms with E-state index in [2.05, 4.69) is 0 Å². The summed E-state index contributed by atoms with van der Waals surface area (Å²) in [6.07, 6.45) is 2.07. The molecule has 1 heterocycles. The molecule has 0 fully saturated rings. The molecule has 2 atom stereocenters. The van der Waals surface area contributed by atoms with Gasteiger partial charge in [-0.25, -0.2) is 9.59 Å². The van der Waals surface area contributed by atoms with Crippen LogP contribution in [0, 0.1) is 0 Å². The Morgan fingerprint density at radius 1 is 1.07 bits per heavy atom. The van der Waals surface area contributed by atoms with Gasteiger partial charge in [-0.05, 0) is 30.0 Å². The monoisotopic (exact) mass is 395 g/mol. The minimum Gasteiger partial charge on any atom is -0.464 e. The van der Waals surface area contributed by atoms with Gasteiger partial charge in [-0.3, -0.25) is 4.90 Å². The molecule has 1 amide bonds. The molecule has 0 aliphatic carbocycles. The molecule has 0 saturated carbocycles. The number of benzene rings is 2. The Balaban J connectivity index is 1.70. The predicted octanol–water partition coefficient (Wildman–Crippen LogP) is 4.52. The van der Waals surface area contributed by atoms with E-state index in [1.807, 2.05) is 68.4 Å². The van der Waals surface area contributed by atoms with Crippen molar-refractivity contribution in [2.45, 2.75) is 58.2 Å². The Labute approximate surface area is 172 Å². The van der Waals surface area contributed by atoms with Crippen LogP contribution in [0.1, 0.15) is 43.4 Å². The van der Waals surface area contributed by atoms with E-state index in [1.165, 1.54) is 4.90 Å². The first-order valence-electron chi connectivity index (χ1n) is 10.3. The maximum absolute atomic E-state index is 12.9. The molecule has 29 heavy (non-hydrogen) atoms. The fourth-order valence-electron chi connectivity index (χ4n) is 3.57. The minimum atomic E-state index is -0.654. The van der Waals surface area contributed by atoms with Crippen LogP contribution in [0.2, 0.25) is 0 Å². The average molecular weight is 395 g/mol. The van der Waals surface area contributed by atoms with E-state index in [0.29, 0.717) is 26.0 Å². The molecule has 0 radical (unpaired) electrons. The second-order valence-corrected chi connectivity index (χ2v) is 7.52. The largest absolute Gasteiger partial charge is 0.464 e. The number of fused-ring (bicyclic) bond motifs is 1. The van der Waals surface area contributed by atoms with Gasteiger partial charge in [0.05, 0.1) is 13.2 Å². The lowest BCUT2D eigenvalue weighted by atomic mass is 9.94. The van der Waals surface area contributed by atoms with E-state index in [4.69, 9.17) is 9.47 Å². The van der Waals surface area contributed by atoms with E-state index in [1.54, 1.807) is 0 Å². The molecule has 5 nitrogen and oxygen atoms in total. The molecule has 3 rings (SSSR count). The van der Waals surface area contributed by atoms with Crippen LogP contribution in [0.15, 0.2) is 54.6 Å². The Hall–Kier alpha value is -2.82. The van der Waals surface area contributed by atoms with Crippen molar-refractivity contribution in [3.63, 3.8) is 0 Å². The van der Waals surface area contributed by atoms with Crippen LogP contribution in [-0.4, -0.2) is 35.7 Å². The van der Waals surface area contributed by atoms with Crippen LogP contribution < -0.4 is 0 Å². The van der Waals surface area contributed by atoms with E-state index >= 15 is 0 Å². The van der Waals surface area contributed by atoms with Gasteiger partial charge in [-0.1, -0.05) is 67.9 Å². The zero-order valence-electron chi connectivity index (χ0n) is 17.2. The highest BCUT2D eigenvalue weighted by Gasteiger charge is 2.37. The topological polar surface area (TPSA) is 55.8 Å². The normalized spacial score (nSPS) is 16.6. The summed E-state index contributed by atoms with van der Waals surface area (Å²) in [6, 6.07) is 17.1. The summed E-state index contributed by atoms with van der Waals surface area (Å²) in [6.45, 7) is 4.64. The van der Waals surface area contributed by atoms with Crippen molar-refractivity contribution in [3.8, 4) is 0 Å². The summed E-state index contributed by atoms with van der Waals surface area (Å²) in [4.78, 5) is 27.2. The highest BCUT2D eigenvalue weighted by molar-refractivity contribution is 5.82. The van der Waals surface area contributed by atoms with Crippen molar-refractivity contribution < 1.29 is 19.1 Å². The predicted molar refractivity (Wildman–Crippen MR) is 111 cm³/mol. The number of ether oxygens (including phenoxy) is 2. The number of hydrogen-bond acceptors (Lipinski definition) is 4. The van der Waals surface area contributed by atoms with Crippen LogP contribution in [0.3, 0.4) is 0 Å². The van der Waals surface area contributed by atoms with Gasteiger partial charge in [0, 0.05) is 12.8 Å². The fraction of sp³-hybridized carbons (Fsp3) is 0.417. The average Bonchev–Trinajstić information content (AvgIpc) is 2.73. The summed E-state index contributed by atoms with van der Waals surface area (Å²) in [7, 11) is 0. The molecule has 2 aromatic rings. The first-order chi connectivity index (χ1) is 14.1. The lowest BCUT2D eigenvalue weighted by Gasteiger charge is -2.35. The van der Waals surface area contributed by atoms with Crippen molar-refractivity contribution in [2.75, 3.05) is 6.61 Å². The maximum Gasteiger partial charge on any atom is 0.411 e. The molecule has 1 aliphatic rings. The van der Waals surface area contributed by atoms with Crippen LogP contribution in [0.5, 0.6) is 0 Å². The van der Waals surface area contributed by atoms with Gasteiger partial charge in [-0.15, -0.1) is 0 Å². The van der Waals surface area contributed by atoms with E-state index in [0.717, 1.165) is 29.5 Å². The first kappa shape index (κ1) is 20.9. The molecule has 2 aromatic carbocycles. The lowest BCUT2D eigenvalue weighted by molar-refractivity contribution is -0.150. The summed E-state index contributed by atoms with van der Waals surface area (Å²) in [5.41, 5.74) is 3.22. The molecule has 1 aliphatic heterocycles. The number of amides is 1. The van der Waals surface area contributed by atoms with Gasteiger partial charge < -0.3 is 9.47 Å². The second kappa shape index (κ2) is 10.1. The molecule has 154 valence electrons. The van der Waals surface area contributed by atoms with Crippen LogP contribution in [-0.2, 0) is 33.7 Å². The Morgan fingerprint density at radius 3 is 2.48 bits per heavy atom. The maximum atomic E-state index is 12.9. The lowest BCUT2D eigenvalue weighted by Crippen LogP contribution is -2.50. The molecular formula is C24H29NO4. The fourth-order valence-corrected chi connectivity index (χ4v) is 3.57. The van der Waals surface area contributed by atoms with Gasteiger partial charge >= 0.3 is 12.1 Å². The molecule has 0 aromatic heterocycles. The van der Waals surface area contributed by atoms with Gasteiger partial charge in [0.25, 0.3) is 0 Å². The van der Waals surface area contributed by atoms with Crippen LogP contribution in [0.25, 0.3) is 0 Å². The third kappa shape index (κ3) is 5.59. The number of hydrogen-bond donors (Lipinski definition) is 0. The van der Waals surface area contributed by atoms with Crippen molar-refractivity contribution in [1.82, 2.24) is 4.90 Å². The van der Waals surface area contributed by atoms with Crippen molar-refractivity contribution in [2.24, 2.45) is 0 Å². The van der Waals surface area contributed by atoms with E-state index in [-0.39, 0.29) is 12.1 Å². The molecule has 0 spiro atoms. The molecule has 0 N–H and O–H groups in total. The Bertz CT molecular complexity index is 821. The van der Waals surface area contributed by atoms with Crippen molar-refractivity contribution in [1.29, 1.82) is 0 Å². The third-order valence-corrected chi connectivity index (χ3v) is 5.17. The zero-order chi connectivity index (χ0) is 20.6. The summed E-state index contributed by atoms with van der Waals surface area (Å²) in [5.74, 6) is -0.361. The number of rotatable bonds is 7. The third-order valence-electron chi connectivity index (χ3n) is 5.17. The number of nitrogens with zero attached hydrogens (tertiary/aromatic N) is 1. The smallest absolute Gasteiger partial charge is 0.411 e. The van der Waals surface area contributed by atoms with Gasteiger partial charge in [-0.2, -0.15) is 0 Å². The number of unbranched alkanes of at least 4 members (excludes halogenated alkanes) is 1. The number of esters is 1. The number of carbonyl (C=O) groups excluding carboxylic acids is 2. The highest BCUT2D eigenvalue weighted by Crippen LogP contribution is 2.25. The second-order valence-electron chi connectivity index (χ2n) is 7.52. The molecule has 5 heteroatoms. The van der Waals surface area contributed by atoms with Gasteiger partial charge in [0.15, 0.2) is 0 Å². The zero-order valence-corrected chi connectivity index (χ0v) is 17.2. The molecule has 2 unspecified atom stereocenters. The van der Waals surface area contributed by atoms with Crippen molar-refractivity contribution >= 4 is 12.1 Å². The number of carbonyl (C=O) groups is 2. The molecular weight excluding hydrogens is 366 g/mol. The summed E-state index contributed by atoms with van der Waals surface area (Å²) in [5, 5.41) is 0. The quantitative estimate of drug-likeness (QED) is 0.511. The SMILES string of the molecule is CCCCOC(=O)C1Cc2ccccc2CN1C(=O)OC(C)Cc1ccccc1. The van der Waals surface area contributed by atoms with E-state index < -0.39 is 12.1 Å². The summed E-state index contributed by atoms with van der Waals surface area (Å²) >= 11 is 0. The van der Waals surface area contributed by atoms with E-state index in [9.17, 15) is 9.59 Å².